The molecule has 0 radical (unpaired) electrons. The molecule has 1 aliphatic rings. The van der Waals surface area contributed by atoms with E-state index in [1.54, 1.807) is 20.0 Å². The van der Waals surface area contributed by atoms with Gasteiger partial charge in [-0.25, -0.2) is 18.1 Å². The maximum absolute atomic E-state index is 11.9. The van der Waals surface area contributed by atoms with Gasteiger partial charge in [0.2, 0.25) is 15.9 Å². The Labute approximate surface area is 127 Å². The van der Waals surface area contributed by atoms with Crippen molar-refractivity contribution in [3.8, 4) is 5.88 Å². The normalized spacial score (nSPS) is 23.2. The summed E-state index contributed by atoms with van der Waals surface area (Å²) >= 11 is 0. The molecule has 0 aliphatic heterocycles. The van der Waals surface area contributed by atoms with Gasteiger partial charge in [-0.2, -0.15) is 0 Å². The first kappa shape index (κ1) is 16.2. The van der Waals surface area contributed by atoms with Crippen molar-refractivity contribution in [1.82, 2.24) is 9.71 Å². The number of ether oxygens (including phenoxy) is 1. The molecule has 0 atom stereocenters. The molecule has 0 spiro atoms. The summed E-state index contributed by atoms with van der Waals surface area (Å²) in [6.45, 7) is 5.38. The van der Waals surface area contributed by atoms with Gasteiger partial charge in [-0.1, -0.05) is 6.07 Å². The van der Waals surface area contributed by atoms with Gasteiger partial charge in [0, 0.05) is 18.3 Å². The standard InChI is InChI=1S/C15H24N2O3S/c1-11(2)21(18,19)17-13-5-7-14(8-6-13)20-15-9-4-12(3)10-16-15/h4,9-11,13-14,17H,5-8H2,1-3H3. The third kappa shape index (κ3) is 4.68. The molecule has 1 saturated carbocycles. The van der Waals surface area contributed by atoms with Crippen LogP contribution in [0, 0.1) is 6.92 Å². The Bertz CT molecular complexity index is 547. The second kappa shape index (κ2) is 6.75. The number of nitrogens with one attached hydrogen (secondary N) is 1. The molecule has 1 fully saturated rings. The highest BCUT2D eigenvalue weighted by atomic mass is 32.2. The third-order valence-corrected chi connectivity index (χ3v) is 5.70. The number of hydrogen-bond donors (Lipinski definition) is 1. The van der Waals surface area contributed by atoms with Gasteiger partial charge in [0.15, 0.2) is 0 Å². The summed E-state index contributed by atoms with van der Waals surface area (Å²) in [5.41, 5.74) is 1.11. The van der Waals surface area contributed by atoms with Gasteiger partial charge < -0.3 is 4.74 Å². The zero-order valence-electron chi connectivity index (χ0n) is 12.9. The van der Waals surface area contributed by atoms with Crippen molar-refractivity contribution >= 4 is 10.0 Å². The molecule has 6 heteroatoms. The van der Waals surface area contributed by atoms with E-state index >= 15 is 0 Å². The average molecular weight is 312 g/mol. The molecule has 21 heavy (non-hydrogen) atoms. The SMILES string of the molecule is Cc1ccc(OC2CCC(NS(=O)(=O)C(C)C)CC2)nc1. The topological polar surface area (TPSA) is 68.3 Å². The summed E-state index contributed by atoms with van der Waals surface area (Å²) in [5, 5.41) is -0.386. The number of aromatic nitrogens is 1. The molecule has 5 nitrogen and oxygen atoms in total. The fourth-order valence-corrected chi connectivity index (χ4v) is 3.33. The Kier molecular flexibility index (Phi) is 5.22. The fourth-order valence-electron chi connectivity index (χ4n) is 2.36. The Hall–Kier alpha value is -1.14. The van der Waals surface area contributed by atoms with Crippen molar-refractivity contribution in [2.24, 2.45) is 0 Å². The van der Waals surface area contributed by atoms with Gasteiger partial charge in [-0.05, 0) is 52.0 Å². The highest BCUT2D eigenvalue weighted by molar-refractivity contribution is 7.90. The summed E-state index contributed by atoms with van der Waals surface area (Å²) in [7, 11) is -3.18. The largest absolute Gasteiger partial charge is 0.474 e. The first-order chi connectivity index (χ1) is 9.87. The van der Waals surface area contributed by atoms with Crippen LogP contribution in [-0.2, 0) is 10.0 Å². The van der Waals surface area contributed by atoms with Gasteiger partial charge in [0.05, 0.1) is 5.25 Å². The number of rotatable bonds is 5. The van der Waals surface area contributed by atoms with Gasteiger partial charge >= 0.3 is 0 Å². The minimum absolute atomic E-state index is 0.0308. The van der Waals surface area contributed by atoms with Crippen molar-refractivity contribution in [3.05, 3.63) is 23.9 Å². The van der Waals surface area contributed by atoms with Crippen molar-refractivity contribution in [1.29, 1.82) is 0 Å². The van der Waals surface area contributed by atoms with E-state index in [1.807, 2.05) is 19.1 Å². The van der Waals surface area contributed by atoms with Gasteiger partial charge in [-0.15, -0.1) is 0 Å². The lowest BCUT2D eigenvalue weighted by Gasteiger charge is -2.29. The van der Waals surface area contributed by atoms with E-state index in [0.29, 0.717) is 5.88 Å². The van der Waals surface area contributed by atoms with E-state index in [2.05, 4.69) is 9.71 Å². The monoisotopic (exact) mass is 312 g/mol. The number of pyridine rings is 1. The second-order valence-corrected chi connectivity index (χ2v) is 8.25. The van der Waals surface area contributed by atoms with Crippen LogP contribution in [0.3, 0.4) is 0 Å². The van der Waals surface area contributed by atoms with Crippen LogP contribution >= 0.6 is 0 Å². The molecular formula is C15H24N2O3S. The summed E-state index contributed by atoms with van der Waals surface area (Å²) in [6.07, 6.45) is 5.23. The molecule has 1 aromatic rings. The molecule has 0 bridgehead atoms. The van der Waals surface area contributed by atoms with E-state index in [9.17, 15) is 8.42 Å². The molecule has 0 unspecified atom stereocenters. The van der Waals surface area contributed by atoms with Crippen LogP contribution in [0.25, 0.3) is 0 Å². The van der Waals surface area contributed by atoms with Crippen LogP contribution in [0.4, 0.5) is 0 Å². The Morgan fingerprint density at radius 2 is 1.90 bits per heavy atom. The highest BCUT2D eigenvalue weighted by Gasteiger charge is 2.27. The minimum Gasteiger partial charge on any atom is -0.474 e. The number of nitrogens with zero attached hydrogens (tertiary/aromatic N) is 1. The summed E-state index contributed by atoms with van der Waals surface area (Å²) in [5.74, 6) is 0.645. The van der Waals surface area contributed by atoms with Crippen LogP contribution in [0.1, 0.15) is 45.1 Å². The molecule has 1 heterocycles. The Morgan fingerprint density at radius 1 is 1.24 bits per heavy atom. The van der Waals surface area contributed by atoms with Crippen molar-refractivity contribution in [2.75, 3.05) is 0 Å². The van der Waals surface area contributed by atoms with Gasteiger partial charge in [0.25, 0.3) is 0 Å². The molecule has 118 valence electrons. The highest BCUT2D eigenvalue weighted by Crippen LogP contribution is 2.23. The molecule has 1 aromatic heterocycles. The van der Waals surface area contributed by atoms with Crippen LogP contribution in [0.15, 0.2) is 18.3 Å². The van der Waals surface area contributed by atoms with Crippen molar-refractivity contribution < 1.29 is 13.2 Å². The zero-order valence-corrected chi connectivity index (χ0v) is 13.7. The van der Waals surface area contributed by atoms with Gasteiger partial charge in [0.1, 0.15) is 6.10 Å². The zero-order chi connectivity index (χ0) is 15.5. The molecule has 1 aliphatic carbocycles. The van der Waals surface area contributed by atoms with E-state index in [4.69, 9.17) is 4.74 Å². The number of sulfonamides is 1. The summed E-state index contributed by atoms with van der Waals surface area (Å²) < 4.78 is 32.3. The summed E-state index contributed by atoms with van der Waals surface area (Å²) in [4.78, 5) is 4.24. The van der Waals surface area contributed by atoms with Crippen LogP contribution in [-0.4, -0.2) is 30.8 Å². The van der Waals surface area contributed by atoms with Crippen molar-refractivity contribution in [2.45, 2.75) is 63.9 Å². The van der Waals surface area contributed by atoms with E-state index in [0.717, 1.165) is 31.2 Å². The van der Waals surface area contributed by atoms with E-state index < -0.39 is 10.0 Å². The Morgan fingerprint density at radius 3 is 2.43 bits per heavy atom. The molecule has 2 rings (SSSR count). The smallest absolute Gasteiger partial charge is 0.214 e. The first-order valence-electron chi connectivity index (χ1n) is 7.47. The molecular weight excluding hydrogens is 288 g/mol. The molecule has 1 N–H and O–H groups in total. The molecule has 0 amide bonds. The molecule has 0 saturated heterocycles. The molecule has 0 aromatic carbocycles. The van der Waals surface area contributed by atoms with Crippen LogP contribution in [0.5, 0.6) is 5.88 Å². The second-order valence-electron chi connectivity index (χ2n) is 5.98. The average Bonchev–Trinajstić information content (AvgIpc) is 2.43. The lowest BCUT2D eigenvalue weighted by molar-refractivity contribution is 0.138. The lowest BCUT2D eigenvalue weighted by Crippen LogP contribution is -2.42. The van der Waals surface area contributed by atoms with E-state index in [-0.39, 0.29) is 17.4 Å². The van der Waals surface area contributed by atoms with Crippen LogP contribution < -0.4 is 9.46 Å². The van der Waals surface area contributed by atoms with Crippen molar-refractivity contribution in [3.63, 3.8) is 0 Å². The van der Waals surface area contributed by atoms with E-state index in [1.165, 1.54) is 0 Å². The maximum Gasteiger partial charge on any atom is 0.214 e. The Balaban J connectivity index is 1.82. The number of hydrogen-bond acceptors (Lipinski definition) is 4. The third-order valence-electron chi connectivity index (χ3n) is 3.80. The maximum atomic E-state index is 11.9. The predicted molar refractivity (Wildman–Crippen MR) is 82.8 cm³/mol. The summed E-state index contributed by atoms with van der Waals surface area (Å²) in [6, 6.07) is 3.89. The first-order valence-corrected chi connectivity index (χ1v) is 9.02. The number of aryl methyl sites for hydroxylation is 1. The van der Waals surface area contributed by atoms with Gasteiger partial charge in [-0.3, -0.25) is 0 Å². The quantitative estimate of drug-likeness (QED) is 0.906. The predicted octanol–water partition coefficient (Wildman–Crippen LogP) is 2.41. The fraction of sp³-hybridized carbons (Fsp3) is 0.667. The van der Waals surface area contributed by atoms with Crippen LogP contribution in [0.2, 0.25) is 0 Å². The minimum atomic E-state index is -3.18. The lowest BCUT2D eigenvalue weighted by atomic mass is 9.94.